The summed E-state index contributed by atoms with van der Waals surface area (Å²) in [6.45, 7) is 1.48. The largest absolute Gasteiger partial charge is 0.573 e. The average molecular weight is 294 g/mol. The summed E-state index contributed by atoms with van der Waals surface area (Å²) in [4.78, 5) is 0. The van der Waals surface area contributed by atoms with Gasteiger partial charge in [-0.1, -0.05) is 11.6 Å². The fourth-order valence-corrected chi connectivity index (χ4v) is 1.91. The van der Waals surface area contributed by atoms with Crippen LogP contribution < -0.4 is 4.74 Å². The summed E-state index contributed by atoms with van der Waals surface area (Å²) in [6.07, 6.45) is -2.03. The van der Waals surface area contributed by atoms with Crippen molar-refractivity contribution in [3.8, 4) is 11.4 Å². The van der Waals surface area contributed by atoms with Crippen LogP contribution in [0.15, 0.2) is 30.6 Å². The summed E-state index contributed by atoms with van der Waals surface area (Å²) in [6, 6.07) is 3.30. The molecule has 0 N–H and O–H groups in total. The molecule has 0 radical (unpaired) electrons. The monoisotopic (exact) mass is 293 g/mol. The maximum Gasteiger partial charge on any atom is 0.573 e. The Balaban J connectivity index is 2.58. The van der Waals surface area contributed by atoms with Gasteiger partial charge in [0.1, 0.15) is 5.82 Å². The van der Waals surface area contributed by atoms with Gasteiger partial charge in [0.05, 0.1) is 10.7 Å². The lowest BCUT2D eigenvalue weighted by atomic mass is 10.1. The van der Waals surface area contributed by atoms with Gasteiger partial charge in [0.2, 0.25) is 0 Å². The Morgan fingerprint density at radius 3 is 2.47 bits per heavy atom. The van der Waals surface area contributed by atoms with Crippen LogP contribution in [0.5, 0.6) is 5.75 Å². The van der Waals surface area contributed by atoms with E-state index in [2.05, 4.69) is 4.74 Å². The van der Waals surface area contributed by atoms with Gasteiger partial charge in [-0.3, -0.25) is 0 Å². The van der Waals surface area contributed by atoms with Crippen molar-refractivity contribution in [3.05, 3.63) is 47.0 Å². The molecule has 0 amide bonds. The van der Waals surface area contributed by atoms with Crippen molar-refractivity contribution in [2.45, 2.75) is 13.3 Å². The van der Waals surface area contributed by atoms with E-state index in [0.717, 1.165) is 6.07 Å². The number of rotatable bonds is 2. The minimum absolute atomic E-state index is 0.0885. The summed E-state index contributed by atoms with van der Waals surface area (Å²) in [7, 11) is 0. The van der Waals surface area contributed by atoms with Crippen LogP contribution in [-0.2, 0) is 0 Å². The molecular weight excluding hydrogens is 286 g/mol. The fraction of sp³-hybridized carbons (Fsp3) is 0.167. The van der Waals surface area contributed by atoms with Crippen molar-refractivity contribution < 1.29 is 22.3 Å². The molecule has 1 aromatic carbocycles. The van der Waals surface area contributed by atoms with Crippen molar-refractivity contribution in [1.82, 2.24) is 4.57 Å². The zero-order valence-corrected chi connectivity index (χ0v) is 10.4. The molecule has 1 aromatic heterocycles. The van der Waals surface area contributed by atoms with E-state index in [1.54, 1.807) is 0 Å². The lowest BCUT2D eigenvalue weighted by Gasteiger charge is -2.16. The maximum absolute atomic E-state index is 13.2. The Labute approximate surface area is 111 Å². The van der Waals surface area contributed by atoms with E-state index in [1.807, 2.05) is 0 Å². The second-order valence-corrected chi connectivity index (χ2v) is 4.29. The second kappa shape index (κ2) is 4.77. The standard InChI is InChI=1S/C12H8ClF4NO/c1-7-4-9(14)5-10(19-12(15,16)17)11(7)18-3-2-8(13)6-18/h2-6H,1H3. The van der Waals surface area contributed by atoms with E-state index in [-0.39, 0.29) is 5.69 Å². The van der Waals surface area contributed by atoms with E-state index in [9.17, 15) is 17.6 Å². The number of aromatic nitrogens is 1. The van der Waals surface area contributed by atoms with Gasteiger partial charge in [0.25, 0.3) is 0 Å². The van der Waals surface area contributed by atoms with Crippen LogP contribution in [0.4, 0.5) is 17.6 Å². The van der Waals surface area contributed by atoms with Gasteiger partial charge >= 0.3 is 6.36 Å². The number of hydrogen-bond acceptors (Lipinski definition) is 1. The smallest absolute Gasteiger partial charge is 0.403 e. The highest BCUT2D eigenvalue weighted by Gasteiger charge is 2.33. The molecule has 0 aliphatic heterocycles. The third kappa shape index (κ3) is 3.20. The number of hydrogen-bond donors (Lipinski definition) is 0. The Morgan fingerprint density at radius 1 is 1.26 bits per heavy atom. The zero-order valence-electron chi connectivity index (χ0n) is 9.63. The van der Waals surface area contributed by atoms with Crippen LogP contribution in [-0.4, -0.2) is 10.9 Å². The Hall–Kier alpha value is -1.69. The maximum atomic E-state index is 13.2. The van der Waals surface area contributed by atoms with Crippen LogP contribution in [0.25, 0.3) is 5.69 Å². The Kier molecular flexibility index (Phi) is 3.45. The highest BCUT2D eigenvalue weighted by Crippen LogP contribution is 2.33. The fourth-order valence-electron chi connectivity index (χ4n) is 1.75. The van der Waals surface area contributed by atoms with Gasteiger partial charge in [-0.15, -0.1) is 13.2 Å². The molecule has 0 saturated heterocycles. The Morgan fingerprint density at radius 2 is 1.95 bits per heavy atom. The van der Waals surface area contributed by atoms with Crippen LogP contribution in [0.1, 0.15) is 5.56 Å². The van der Waals surface area contributed by atoms with E-state index in [1.165, 1.54) is 30.0 Å². The number of nitrogens with zero attached hydrogens (tertiary/aromatic N) is 1. The molecule has 102 valence electrons. The molecule has 19 heavy (non-hydrogen) atoms. The van der Waals surface area contributed by atoms with Crippen molar-refractivity contribution >= 4 is 11.6 Å². The molecule has 2 nitrogen and oxygen atoms in total. The summed E-state index contributed by atoms with van der Waals surface area (Å²) < 4.78 is 55.4. The number of alkyl halides is 3. The zero-order chi connectivity index (χ0) is 14.2. The lowest BCUT2D eigenvalue weighted by Crippen LogP contribution is -2.18. The predicted octanol–water partition coefficient (Wildman–Crippen LogP) is 4.48. The first kappa shape index (κ1) is 13.7. The van der Waals surface area contributed by atoms with E-state index in [0.29, 0.717) is 16.7 Å². The highest BCUT2D eigenvalue weighted by atomic mass is 35.5. The number of aryl methyl sites for hydroxylation is 1. The van der Waals surface area contributed by atoms with Crippen LogP contribution in [0.3, 0.4) is 0 Å². The normalized spacial score (nSPS) is 11.7. The number of ether oxygens (including phenoxy) is 1. The summed E-state index contributed by atoms with van der Waals surface area (Å²) >= 11 is 5.72. The summed E-state index contributed by atoms with van der Waals surface area (Å²) in [5, 5.41) is 0.349. The topological polar surface area (TPSA) is 14.2 Å². The average Bonchev–Trinajstić information content (AvgIpc) is 2.60. The van der Waals surface area contributed by atoms with Crippen molar-refractivity contribution in [3.63, 3.8) is 0 Å². The van der Waals surface area contributed by atoms with Crippen LogP contribution in [0, 0.1) is 12.7 Å². The van der Waals surface area contributed by atoms with Gasteiger partial charge in [-0.2, -0.15) is 0 Å². The van der Waals surface area contributed by atoms with Crippen LogP contribution >= 0.6 is 11.6 Å². The lowest BCUT2D eigenvalue weighted by molar-refractivity contribution is -0.274. The van der Waals surface area contributed by atoms with Gasteiger partial charge < -0.3 is 9.30 Å². The molecule has 7 heteroatoms. The SMILES string of the molecule is Cc1cc(F)cc(OC(F)(F)F)c1-n1ccc(Cl)c1. The molecule has 2 aromatic rings. The molecule has 0 bridgehead atoms. The molecule has 0 aliphatic rings. The van der Waals surface area contributed by atoms with Gasteiger partial charge in [-0.05, 0) is 24.6 Å². The third-order valence-corrected chi connectivity index (χ3v) is 2.59. The molecule has 0 saturated carbocycles. The first-order valence-electron chi connectivity index (χ1n) is 5.16. The molecule has 0 aliphatic carbocycles. The van der Waals surface area contributed by atoms with Gasteiger partial charge in [0, 0.05) is 18.5 Å². The van der Waals surface area contributed by atoms with Crippen molar-refractivity contribution in [1.29, 1.82) is 0 Å². The third-order valence-electron chi connectivity index (χ3n) is 2.37. The molecule has 2 rings (SSSR count). The highest BCUT2D eigenvalue weighted by molar-refractivity contribution is 6.30. The van der Waals surface area contributed by atoms with Crippen molar-refractivity contribution in [2.75, 3.05) is 0 Å². The minimum Gasteiger partial charge on any atom is -0.403 e. The molecular formula is C12H8ClF4NO. The summed E-state index contributed by atoms with van der Waals surface area (Å²) in [5.74, 6) is -1.42. The quantitative estimate of drug-likeness (QED) is 0.745. The predicted molar refractivity (Wildman–Crippen MR) is 62.2 cm³/mol. The second-order valence-electron chi connectivity index (χ2n) is 3.85. The van der Waals surface area contributed by atoms with Crippen LogP contribution in [0.2, 0.25) is 5.02 Å². The summed E-state index contributed by atoms with van der Waals surface area (Å²) in [5.41, 5.74) is 0.386. The van der Waals surface area contributed by atoms with Crippen molar-refractivity contribution in [2.24, 2.45) is 0 Å². The number of benzene rings is 1. The first-order valence-corrected chi connectivity index (χ1v) is 5.54. The molecule has 0 atom stereocenters. The van der Waals surface area contributed by atoms with E-state index < -0.39 is 17.9 Å². The Bertz CT molecular complexity index is 606. The molecule has 0 fully saturated rings. The van der Waals surface area contributed by atoms with Gasteiger partial charge in [-0.25, -0.2) is 4.39 Å². The van der Waals surface area contributed by atoms with E-state index in [4.69, 9.17) is 11.6 Å². The first-order chi connectivity index (χ1) is 8.76. The molecule has 1 heterocycles. The van der Waals surface area contributed by atoms with Gasteiger partial charge in [0.15, 0.2) is 5.75 Å². The molecule has 0 unspecified atom stereocenters. The van der Waals surface area contributed by atoms with E-state index >= 15 is 0 Å². The minimum atomic E-state index is -4.90. The molecule has 0 spiro atoms. The number of halogens is 5.